The molecule has 0 spiro atoms. The largest absolute Gasteiger partial charge is 0.322 e. The topological polar surface area (TPSA) is 54.9 Å². The zero-order valence-electron chi connectivity index (χ0n) is 14.6. The molecule has 0 saturated heterocycles. The van der Waals surface area contributed by atoms with Crippen LogP contribution < -0.4 is 5.32 Å². The van der Waals surface area contributed by atoms with Gasteiger partial charge >= 0.3 is 0 Å². The van der Waals surface area contributed by atoms with Crippen molar-refractivity contribution in [2.75, 3.05) is 5.32 Å². The number of carbonyl (C=O) groups is 1. The summed E-state index contributed by atoms with van der Waals surface area (Å²) in [6, 6.07) is 23.7. The van der Waals surface area contributed by atoms with Gasteiger partial charge in [0.2, 0.25) is 0 Å². The van der Waals surface area contributed by atoms with Crippen molar-refractivity contribution < 1.29 is 4.79 Å². The van der Waals surface area contributed by atoms with Crippen molar-refractivity contribution in [3.63, 3.8) is 0 Å². The lowest BCUT2D eigenvalue weighted by Crippen LogP contribution is -2.11. The Morgan fingerprint density at radius 2 is 1.57 bits per heavy atom. The summed E-state index contributed by atoms with van der Waals surface area (Å²) in [6.07, 6.45) is 0.479. The van der Waals surface area contributed by atoms with Crippen LogP contribution in [0.15, 0.2) is 66.7 Å². The van der Waals surface area contributed by atoms with E-state index in [1.807, 2.05) is 66.7 Å². The minimum atomic E-state index is -0.154. The second-order valence-electron chi connectivity index (χ2n) is 6.24. The third-order valence-electron chi connectivity index (χ3n) is 4.25. The van der Waals surface area contributed by atoms with Crippen molar-refractivity contribution in [3.05, 3.63) is 100 Å². The predicted molar refractivity (Wildman–Crippen MR) is 112 cm³/mol. The quantitative estimate of drug-likeness (QED) is 0.450. The average molecular weight is 407 g/mol. The summed E-state index contributed by atoms with van der Waals surface area (Å²) < 4.78 is 0. The summed E-state index contributed by atoms with van der Waals surface area (Å²) in [5.41, 5.74) is 2.29. The van der Waals surface area contributed by atoms with E-state index in [4.69, 9.17) is 23.2 Å². The Kier molecular flexibility index (Phi) is 5.24. The number of halogens is 2. The summed E-state index contributed by atoms with van der Waals surface area (Å²) in [4.78, 5) is 20.8. The number of carbonyl (C=O) groups excluding carboxylic acids is 1. The van der Waals surface area contributed by atoms with Crippen LogP contribution in [0, 0.1) is 6.07 Å². The van der Waals surface area contributed by atoms with Crippen molar-refractivity contribution >= 4 is 45.6 Å². The third-order valence-corrected chi connectivity index (χ3v) is 4.60. The molecule has 1 N–H and O–H groups in total. The molecule has 4 aromatic rings. The Morgan fingerprint density at radius 3 is 2.29 bits per heavy atom. The molecule has 1 radical (unpaired) electrons. The van der Waals surface area contributed by atoms with Crippen molar-refractivity contribution in [1.82, 2.24) is 9.97 Å². The summed E-state index contributed by atoms with van der Waals surface area (Å²) in [6.45, 7) is 0. The highest BCUT2D eigenvalue weighted by molar-refractivity contribution is 6.32. The molecule has 0 aliphatic carbocycles. The first-order valence-corrected chi connectivity index (χ1v) is 9.33. The number of hydrogen-bond acceptors (Lipinski definition) is 3. The molecule has 0 bridgehead atoms. The van der Waals surface area contributed by atoms with Crippen LogP contribution in [-0.4, -0.2) is 15.9 Å². The highest BCUT2D eigenvalue weighted by atomic mass is 35.5. The maximum absolute atomic E-state index is 12.5. The van der Waals surface area contributed by atoms with Gasteiger partial charge in [-0.3, -0.25) is 4.79 Å². The zero-order valence-corrected chi connectivity index (χ0v) is 16.1. The molecule has 1 amide bonds. The van der Waals surface area contributed by atoms with Gasteiger partial charge in [-0.25, -0.2) is 9.97 Å². The van der Waals surface area contributed by atoms with Crippen LogP contribution in [0.3, 0.4) is 0 Å². The van der Waals surface area contributed by atoms with Gasteiger partial charge in [-0.15, -0.1) is 0 Å². The molecule has 6 heteroatoms. The van der Waals surface area contributed by atoms with Crippen LogP contribution in [0.1, 0.15) is 21.7 Å². The standard InChI is InChI=1S/C22H14Cl2N3O/c23-19-13-20(24)27-21(26-19)11-14-5-9-18(10-6-14)25-22(28)17-8-7-15-3-1-2-4-16(15)12-17/h1-10,12H,11H2,(H,25,28). The van der Waals surface area contributed by atoms with Gasteiger partial charge in [0, 0.05) is 17.7 Å². The Balaban J connectivity index is 1.46. The molecule has 0 aliphatic rings. The second kappa shape index (κ2) is 7.97. The lowest BCUT2D eigenvalue weighted by Gasteiger charge is -2.08. The smallest absolute Gasteiger partial charge is 0.255 e. The van der Waals surface area contributed by atoms with E-state index in [9.17, 15) is 4.79 Å². The molecule has 1 aromatic heterocycles. The number of nitrogens with one attached hydrogen (secondary N) is 1. The number of anilines is 1. The first-order chi connectivity index (χ1) is 13.6. The van der Waals surface area contributed by atoms with E-state index in [-0.39, 0.29) is 16.2 Å². The molecule has 137 valence electrons. The van der Waals surface area contributed by atoms with E-state index in [0.29, 0.717) is 23.5 Å². The lowest BCUT2D eigenvalue weighted by molar-refractivity contribution is 0.102. The normalized spacial score (nSPS) is 10.8. The van der Waals surface area contributed by atoms with E-state index in [2.05, 4.69) is 21.4 Å². The van der Waals surface area contributed by atoms with Crippen LogP contribution in [0.5, 0.6) is 0 Å². The highest BCUT2D eigenvalue weighted by Gasteiger charge is 2.08. The summed E-state index contributed by atoms with van der Waals surface area (Å²) in [5, 5.41) is 5.42. The van der Waals surface area contributed by atoms with Crippen LogP contribution in [-0.2, 0) is 6.42 Å². The first kappa shape index (κ1) is 18.4. The molecule has 0 aliphatic heterocycles. The molecular weight excluding hydrogens is 393 g/mol. The molecule has 3 aromatic carbocycles. The van der Waals surface area contributed by atoms with E-state index in [1.165, 1.54) is 0 Å². The van der Waals surface area contributed by atoms with E-state index in [1.54, 1.807) is 0 Å². The predicted octanol–water partition coefficient (Wildman–Crippen LogP) is 5.58. The van der Waals surface area contributed by atoms with Crippen LogP contribution in [0.4, 0.5) is 5.69 Å². The summed E-state index contributed by atoms with van der Waals surface area (Å²) in [7, 11) is 0. The minimum absolute atomic E-state index is 0.154. The van der Waals surface area contributed by atoms with Crippen LogP contribution >= 0.6 is 23.2 Å². The van der Waals surface area contributed by atoms with E-state index >= 15 is 0 Å². The number of amides is 1. The van der Waals surface area contributed by atoms with Gasteiger partial charge in [0.05, 0.1) is 6.07 Å². The van der Waals surface area contributed by atoms with E-state index in [0.717, 1.165) is 16.3 Å². The van der Waals surface area contributed by atoms with Crippen molar-refractivity contribution in [1.29, 1.82) is 0 Å². The number of nitrogens with zero attached hydrogens (tertiary/aromatic N) is 2. The number of fused-ring (bicyclic) bond motifs is 1. The number of hydrogen-bond donors (Lipinski definition) is 1. The van der Waals surface area contributed by atoms with E-state index < -0.39 is 0 Å². The fraction of sp³-hybridized carbons (Fsp3) is 0.0455. The van der Waals surface area contributed by atoms with Crippen LogP contribution in [0.25, 0.3) is 10.8 Å². The Bertz CT molecular complexity index is 1140. The molecule has 4 nitrogen and oxygen atoms in total. The van der Waals surface area contributed by atoms with Gasteiger partial charge < -0.3 is 5.32 Å². The molecule has 28 heavy (non-hydrogen) atoms. The Morgan fingerprint density at radius 1 is 0.893 bits per heavy atom. The van der Waals surface area contributed by atoms with Crippen molar-refractivity contribution in [2.24, 2.45) is 0 Å². The zero-order chi connectivity index (χ0) is 19.5. The minimum Gasteiger partial charge on any atom is -0.322 e. The Hall–Kier alpha value is -2.95. The number of aromatic nitrogens is 2. The number of benzene rings is 3. The van der Waals surface area contributed by atoms with Crippen molar-refractivity contribution in [3.8, 4) is 0 Å². The van der Waals surface area contributed by atoms with Gasteiger partial charge in [0.1, 0.15) is 16.1 Å². The SMILES string of the molecule is O=C(Nc1ccc(Cc2nc(Cl)[c]c(Cl)n2)cc1)c1ccc2ccccc2c1. The van der Waals surface area contributed by atoms with Gasteiger partial charge in [0.25, 0.3) is 5.91 Å². The van der Waals surface area contributed by atoms with Gasteiger partial charge in [-0.2, -0.15) is 0 Å². The third kappa shape index (κ3) is 4.30. The molecular formula is C22H14Cl2N3O. The van der Waals surface area contributed by atoms with Crippen LogP contribution in [0.2, 0.25) is 10.3 Å². The van der Waals surface area contributed by atoms with Gasteiger partial charge in [-0.05, 0) is 40.6 Å². The average Bonchev–Trinajstić information content (AvgIpc) is 2.68. The molecule has 1 heterocycles. The number of rotatable bonds is 4. The van der Waals surface area contributed by atoms with Crippen molar-refractivity contribution in [2.45, 2.75) is 6.42 Å². The summed E-state index contributed by atoms with van der Waals surface area (Å²) >= 11 is 11.7. The molecule has 0 unspecified atom stereocenters. The fourth-order valence-corrected chi connectivity index (χ4v) is 3.32. The summed E-state index contributed by atoms with van der Waals surface area (Å²) in [5.74, 6) is 0.362. The maximum Gasteiger partial charge on any atom is 0.255 e. The van der Waals surface area contributed by atoms with Gasteiger partial charge in [-0.1, -0.05) is 65.7 Å². The molecule has 0 fully saturated rings. The first-order valence-electron chi connectivity index (χ1n) is 8.57. The molecule has 4 rings (SSSR count). The lowest BCUT2D eigenvalue weighted by atomic mass is 10.1. The van der Waals surface area contributed by atoms with Gasteiger partial charge in [0.15, 0.2) is 0 Å². The Labute approximate surface area is 172 Å². The fourth-order valence-electron chi connectivity index (χ4n) is 2.89. The second-order valence-corrected chi connectivity index (χ2v) is 6.95. The molecule has 0 atom stereocenters. The monoisotopic (exact) mass is 406 g/mol. The highest BCUT2D eigenvalue weighted by Crippen LogP contribution is 2.18. The maximum atomic E-state index is 12.5. The molecule has 0 saturated carbocycles.